The SMILES string of the molecule is COC(=O)c1ccc(-c2c[nH]c3ccccc23)c2[nH]c3ccccc3c12. The minimum atomic E-state index is -0.328. The Labute approximate surface area is 149 Å². The highest BCUT2D eigenvalue weighted by Crippen LogP contribution is 2.38. The molecular weight excluding hydrogens is 324 g/mol. The number of hydrogen-bond donors (Lipinski definition) is 2. The fraction of sp³-hybridized carbons (Fsp3) is 0.0455. The molecule has 4 nitrogen and oxygen atoms in total. The zero-order valence-corrected chi connectivity index (χ0v) is 14.2. The number of benzene rings is 3. The van der Waals surface area contributed by atoms with Crippen LogP contribution in [-0.4, -0.2) is 23.0 Å². The van der Waals surface area contributed by atoms with Gasteiger partial charge in [0.2, 0.25) is 0 Å². The van der Waals surface area contributed by atoms with Gasteiger partial charge in [0, 0.05) is 44.5 Å². The van der Waals surface area contributed by atoms with Crippen LogP contribution in [0.1, 0.15) is 10.4 Å². The third-order valence-electron chi connectivity index (χ3n) is 4.95. The smallest absolute Gasteiger partial charge is 0.338 e. The lowest BCUT2D eigenvalue weighted by atomic mass is 9.98. The quantitative estimate of drug-likeness (QED) is 0.431. The molecule has 0 spiro atoms. The van der Waals surface area contributed by atoms with E-state index in [1.165, 1.54) is 7.11 Å². The zero-order valence-electron chi connectivity index (χ0n) is 14.2. The Bertz CT molecular complexity index is 1290. The van der Waals surface area contributed by atoms with Crippen LogP contribution in [0.2, 0.25) is 0 Å². The zero-order chi connectivity index (χ0) is 17.7. The second kappa shape index (κ2) is 5.49. The molecule has 0 aliphatic rings. The van der Waals surface area contributed by atoms with Crippen molar-refractivity contribution in [1.29, 1.82) is 0 Å². The van der Waals surface area contributed by atoms with Gasteiger partial charge in [-0.05, 0) is 18.2 Å². The van der Waals surface area contributed by atoms with Gasteiger partial charge in [-0.15, -0.1) is 0 Å². The Morgan fingerprint density at radius 3 is 2.38 bits per heavy atom. The number of aromatic nitrogens is 2. The lowest BCUT2D eigenvalue weighted by molar-refractivity contribution is 0.0603. The first-order chi connectivity index (χ1) is 12.8. The minimum absolute atomic E-state index is 0.328. The highest BCUT2D eigenvalue weighted by atomic mass is 16.5. The fourth-order valence-electron chi connectivity index (χ4n) is 3.76. The van der Waals surface area contributed by atoms with E-state index >= 15 is 0 Å². The Kier molecular flexibility index (Phi) is 3.12. The predicted octanol–water partition coefficient (Wildman–Crippen LogP) is 5.26. The minimum Gasteiger partial charge on any atom is -0.465 e. The van der Waals surface area contributed by atoms with Gasteiger partial charge >= 0.3 is 5.97 Å². The second-order valence-corrected chi connectivity index (χ2v) is 6.32. The number of carbonyl (C=O) groups is 1. The van der Waals surface area contributed by atoms with Crippen molar-refractivity contribution >= 4 is 38.7 Å². The summed E-state index contributed by atoms with van der Waals surface area (Å²) in [4.78, 5) is 19.2. The number of para-hydroxylation sites is 2. The summed E-state index contributed by atoms with van der Waals surface area (Å²) in [6.07, 6.45) is 2.02. The third kappa shape index (κ3) is 1.99. The molecule has 0 radical (unpaired) electrons. The summed E-state index contributed by atoms with van der Waals surface area (Å²) in [5, 5.41) is 3.07. The second-order valence-electron chi connectivity index (χ2n) is 6.32. The van der Waals surface area contributed by atoms with Crippen LogP contribution in [-0.2, 0) is 4.74 Å². The van der Waals surface area contributed by atoms with Crippen LogP contribution in [0.4, 0.5) is 0 Å². The van der Waals surface area contributed by atoms with E-state index in [1.807, 2.05) is 54.7 Å². The number of methoxy groups -OCH3 is 1. The van der Waals surface area contributed by atoms with E-state index in [0.29, 0.717) is 5.56 Å². The summed E-state index contributed by atoms with van der Waals surface area (Å²) in [6.45, 7) is 0. The van der Waals surface area contributed by atoms with Gasteiger partial charge in [-0.25, -0.2) is 4.79 Å². The number of fused-ring (bicyclic) bond motifs is 4. The van der Waals surface area contributed by atoms with Crippen LogP contribution < -0.4 is 0 Å². The molecule has 0 unspecified atom stereocenters. The van der Waals surface area contributed by atoms with Gasteiger partial charge in [0.15, 0.2) is 0 Å². The first-order valence-electron chi connectivity index (χ1n) is 8.46. The molecule has 0 saturated heterocycles. The van der Waals surface area contributed by atoms with Crippen molar-refractivity contribution in [1.82, 2.24) is 9.97 Å². The van der Waals surface area contributed by atoms with Crippen LogP contribution in [0.15, 0.2) is 66.9 Å². The summed E-state index contributed by atoms with van der Waals surface area (Å²) in [5.74, 6) is -0.328. The van der Waals surface area contributed by atoms with Gasteiger partial charge in [-0.3, -0.25) is 0 Å². The van der Waals surface area contributed by atoms with Gasteiger partial charge in [0.05, 0.1) is 18.2 Å². The summed E-state index contributed by atoms with van der Waals surface area (Å²) in [7, 11) is 1.41. The average molecular weight is 340 g/mol. The van der Waals surface area contributed by atoms with Crippen molar-refractivity contribution in [2.45, 2.75) is 0 Å². The van der Waals surface area contributed by atoms with Crippen molar-refractivity contribution in [2.24, 2.45) is 0 Å². The fourth-order valence-corrected chi connectivity index (χ4v) is 3.76. The van der Waals surface area contributed by atoms with Gasteiger partial charge in [0.1, 0.15) is 0 Å². The van der Waals surface area contributed by atoms with Crippen LogP contribution in [0.25, 0.3) is 43.8 Å². The number of esters is 1. The van der Waals surface area contributed by atoms with E-state index in [-0.39, 0.29) is 5.97 Å². The molecule has 0 atom stereocenters. The average Bonchev–Trinajstić information content (AvgIpc) is 3.28. The predicted molar refractivity (Wildman–Crippen MR) is 104 cm³/mol. The van der Waals surface area contributed by atoms with Crippen LogP contribution in [0.5, 0.6) is 0 Å². The highest BCUT2D eigenvalue weighted by Gasteiger charge is 2.19. The summed E-state index contributed by atoms with van der Waals surface area (Å²) in [5.41, 5.74) is 5.76. The molecule has 4 heteroatoms. The number of hydrogen-bond acceptors (Lipinski definition) is 2. The topological polar surface area (TPSA) is 57.9 Å². The van der Waals surface area contributed by atoms with E-state index in [1.54, 1.807) is 0 Å². The first-order valence-corrected chi connectivity index (χ1v) is 8.46. The monoisotopic (exact) mass is 340 g/mol. The third-order valence-corrected chi connectivity index (χ3v) is 4.95. The first kappa shape index (κ1) is 14.8. The summed E-state index contributed by atoms with van der Waals surface area (Å²) >= 11 is 0. The number of aromatic amines is 2. The van der Waals surface area contributed by atoms with Crippen LogP contribution in [0.3, 0.4) is 0 Å². The Morgan fingerprint density at radius 2 is 1.58 bits per heavy atom. The number of nitrogens with one attached hydrogen (secondary N) is 2. The molecule has 0 saturated carbocycles. The Morgan fingerprint density at radius 1 is 0.846 bits per heavy atom. The largest absolute Gasteiger partial charge is 0.465 e. The van der Waals surface area contributed by atoms with Gasteiger partial charge in [-0.1, -0.05) is 42.5 Å². The van der Waals surface area contributed by atoms with Crippen LogP contribution >= 0.6 is 0 Å². The maximum atomic E-state index is 12.3. The van der Waals surface area contributed by atoms with Crippen LogP contribution in [0, 0.1) is 0 Å². The molecule has 2 heterocycles. The standard InChI is InChI=1S/C22H16N2O2/c1-26-22(25)16-11-10-14(17-12-23-18-8-4-2-6-13(17)18)21-20(16)15-7-3-5-9-19(15)24-21/h2-12,23-24H,1H3. The van der Waals surface area contributed by atoms with Crippen molar-refractivity contribution in [3.63, 3.8) is 0 Å². The highest BCUT2D eigenvalue weighted by molar-refractivity contribution is 6.20. The molecular formula is C22H16N2O2. The molecule has 5 rings (SSSR count). The van der Waals surface area contributed by atoms with Crippen molar-refractivity contribution < 1.29 is 9.53 Å². The molecule has 5 aromatic rings. The van der Waals surface area contributed by atoms with E-state index in [2.05, 4.69) is 22.1 Å². The van der Waals surface area contributed by atoms with Gasteiger partial charge in [0.25, 0.3) is 0 Å². The number of H-pyrrole nitrogens is 2. The van der Waals surface area contributed by atoms with Crippen molar-refractivity contribution in [2.75, 3.05) is 7.11 Å². The van der Waals surface area contributed by atoms with E-state index in [0.717, 1.165) is 43.8 Å². The van der Waals surface area contributed by atoms with E-state index in [9.17, 15) is 4.79 Å². The maximum absolute atomic E-state index is 12.3. The molecule has 3 aromatic carbocycles. The van der Waals surface area contributed by atoms with E-state index in [4.69, 9.17) is 4.74 Å². The van der Waals surface area contributed by atoms with Crippen molar-refractivity contribution in [3.05, 3.63) is 72.4 Å². The maximum Gasteiger partial charge on any atom is 0.338 e. The molecule has 126 valence electrons. The van der Waals surface area contributed by atoms with E-state index < -0.39 is 0 Å². The summed E-state index contributed by atoms with van der Waals surface area (Å²) in [6, 6.07) is 20.1. The van der Waals surface area contributed by atoms with Crippen molar-refractivity contribution in [3.8, 4) is 11.1 Å². The number of ether oxygens (including phenoxy) is 1. The number of rotatable bonds is 2. The molecule has 0 bridgehead atoms. The Hall–Kier alpha value is -3.53. The van der Waals surface area contributed by atoms with Gasteiger partial charge < -0.3 is 14.7 Å². The molecule has 0 amide bonds. The lowest BCUT2D eigenvalue weighted by Gasteiger charge is -2.07. The lowest BCUT2D eigenvalue weighted by Crippen LogP contribution is -2.02. The normalized spacial score (nSPS) is 11.4. The Balaban J connectivity index is 1.92. The molecule has 2 aromatic heterocycles. The molecule has 26 heavy (non-hydrogen) atoms. The number of carbonyl (C=O) groups excluding carboxylic acids is 1. The molecule has 0 aliphatic heterocycles. The molecule has 0 fully saturated rings. The summed E-state index contributed by atoms with van der Waals surface area (Å²) < 4.78 is 5.00. The molecule has 0 aliphatic carbocycles. The molecule has 2 N–H and O–H groups in total. The van der Waals surface area contributed by atoms with Gasteiger partial charge in [-0.2, -0.15) is 0 Å².